The van der Waals surface area contributed by atoms with Crippen molar-refractivity contribution in [3.05, 3.63) is 35.5 Å². The Bertz CT molecular complexity index is 729. The number of pyridine rings is 1. The summed E-state index contributed by atoms with van der Waals surface area (Å²) in [4.78, 5) is 25.9. The monoisotopic (exact) mass is 388 g/mol. The molecule has 8 heteroatoms. The van der Waals surface area contributed by atoms with Crippen molar-refractivity contribution in [3.8, 4) is 0 Å². The Morgan fingerprint density at radius 3 is 2.78 bits per heavy atom. The summed E-state index contributed by atoms with van der Waals surface area (Å²) in [6.45, 7) is 8.65. The molecule has 2 atom stereocenters. The summed E-state index contributed by atoms with van der Waals surface area (Å²) < 4.78 is 0. The number of carbonyl (C=O) groups is 1. The van der Waals surface area contributed by atoms with Crippen LogP contribution < -0.4 is 16.0 Å². The first-order valence-electron chi connectivity index (χ1n) is 9.46. The van der Waals surface area contributed by atoms with Crippen molar-refractivity contribution in [2.24, 2.45) is 11.7 Å². The van der Waals surface area contributed by atoms with E-state index in [4.69, 9.17) is 5.73 Å². The number of hydrogen-bond donors (Lipinski definition) is 2. The number of piperazine rings is 1. The van der Waals surface area contributed by atoms with Gasteiger partial charge in [0.1, 0.15) is 5.82 Å². The largest absolute Gasteiger partial charge is 0.354 e. The highest BCUT2D eigenvalue weighted by Crippen LogP contribution is 2.19. The SMILES string of the molecule is CCC(C)C(N)C(=O)Nc1nc(CN2CCN(c3ccccn3)CC2)cs1. The Morgan fingerprint density at radius 2 is 2.11 bits per heavy atom. The Kier molecular flexibility index (Phi) is 6.76. The van der Waals surface area contributed by atoms with Crippen LogP contribution in [0.3, 0.4) is 0 Å². The van der Waals surface area contributed by atoms with E-state index >= 15 is 0 Å². The van der Waals surface area contributed by atoms with Gasteiger partial charge in [-0.25, -0.2) is 9.97 Å². The van der Waals surface area contributed by atoms with Crippen LogP contribution in [0.15, 0.2) is 29.8 Å². The molecule has 3 N–H and O–H groups in total. The average molecular weight is 389 g/mol. The summed E-state index contributed by atoms with van der Waals surface area (Å²) in [6.07, 6.45) is 2.71. The first-order valence-corrected chi connectivity index (χ1v) is 10.3. The molecule has 2 aromatic rings. The van der Waals surface area contributed by atoms with Gasteiger partial charge in [0.05, 0.1) is 11.7 Å². The average Bonchev–Trinajstić information content (AvgIpc) is 3.14. The van der Waals surface area contributed by atoms with Gasteiger partial charge in [0.25, 0.3) is 0 Å². The van der Waals surface area contributed by atoms with Gasteiger partial charge < -0.3 is 16.0 Å². The molecule has 0 aromatic carbocycles. The van der Waals surface area contributed by atoms with Crippen molar-refractivity contribution in [1.82, 2.24) is 14.9 Å². The maximum absolute atomic E-state index is 12.2. The van der Waals surface area contributed by atoms with Crippen LogP contribution >= 0.6 is 11.3 Å². The zero-order valence-electron chi connectivity index (χ0n) is 16.0. The summed E-state index contributed by atoms with van der Waals surface area (Å²) in [5.41, 5.74) is 6.97. The van der Waals surface area contributed by atoms with E-state index in [-0.39, 0.29) is 11.8 Å². The van der Waals surface area contributed by atoms with Crippen molar-refractivity contribution in [1.29, 1.82) is 0 Å². The molecule has 0 aliphatic carbocycles. The highest BCUT2D eigenvalue weighted by Gasteiger charge is 2.21. The molecule has 1 aliphatic heterocycles. The number of amides is 1. The third-order valence-electron chi connectivity index (χ3n) is 5.07. The Hall–Kier alpha value is -2.03. The predicted octanol–water partition coefficient (Wildman–Crippen LogP) is 2.17. The molecule has 27 heavy (non-hydrogen) atoms. The minimum atomic E-state index is -0.498. The second-order valence-corrected chi connectivity index (χ2v) is 7.85. The minimum Gasteiger partial charge on any atom is -0.354 e. The molecule has 3 heterocycles. The molecule has 1 fully saturated rings. The van der Waals surface area contributed by atoms with E-state index in [2.05, 4.69) is 31.2 Å². The second-order valence-electron chi connectivity index (χ2n) is 7.00. The van der Waals surface area contributed by atoms with Gasteiger partial charge in [-0.1, -0.05) is 26.3 Å². The van der Waals surface area contributed by atoms with E-state index in [0.717, 1.165) is 50.7 Å². The van der Waals surface area contributed by atoms with Crippen molar-refractivity contribution in [3.63, 3.8) is 0 Å². The minimum absolute atomic E-state index is 0.153. The van der Waals surface area contributed by atoms with E-state index in [1.807, 2.05) is 37.6 Å². The summed E-state index contributed by atoms with van der Waals surface area (Å²) in [5, 5.41) is 5.49. The number of nitrogens with zero attached hydrogens (tertiary/aromatic N) is 4. The van der Waals surface area contributed by atoms with Gasteiger partial charge in [-0.3, -0.25) is 9.69 Å². The molecule has 2 unspecified atom stereocenters. The number of nitrogens with two attached hydrogens (primary N) is 1. The van der Waals surface area contributed by atoms with Crippen LogP contribution in [-0.2, 0) is 11.3 Å². The smallest absolute Gasteiger partial charge is 0.243 e. The fourth-order valence-electron chi connectivity index (χ4n) is 3.04. The lowest BCUT2D eigenvalue weighted by Crippen LogP contribution is -2.46. The van der Waals surface area contributed by atoms with E-state index in [1.54, 1.807) is 0 Å². The number of nitrogens with one attached hydrogen (secondary N) is 1. The van der Waals surface area contributed by atoms with Gasteiger partial charge in [-0.15, -0.1) is 11.3 Å². The van der Waals surface area contributed by atoms with Gasteiger partial charge in [-0.05, 0) is 18.1 Å². The summed E-state index contributed by atoms with van der Waals surface area (Å²) in [5.74, 6) is 1.03. The van der Waals surface area contributed by atoms with Gasteiger partial charge in [0.2, 0.25) is 5.91 Å². The number of hydrogen-bond acceptors (Lipinski definition) is 7. The molecule has 1 saturated heterocycles. The van der Waals surface area contributed by atoms with Gasteiger partial charge in [0.15, 0.2) is 5.13 Å². The van der Waals surface area contributed by atoms with Crippen molar-refractivity contribution in [2.75, 3.05) is 36.4 Å². The Morgan fingerprint density at radius 1 is 1.33 bits per heavy atom. The first-order chi connectivity index (χ1) is 13.1. The highest BCUT2D eigenvalue weighted by atomic mass is 32.1. The molecule has 2 aromatic heterocycles. The fourth-order valence-corrected chi connectivity index (χ4v) is 3.75. The zero-order valence-corrected chi connectivity index (χ0v) is 16.8. The molecule has 0 bridgehead atoms. The Balaban J connectivity index is 1.48. The molecule has 1 amide bonds. The number of aromatic nitrogens is 2. The lowest BCUT2D eigenvalue weighted by Gasteiger charge is -2.35. The molecule has 0 saturated carbocycles. The van der Waals surface area contributed by atoms with Gasteiger partial charge in [0, 0.05) is 44.3 Å². The third kappa shape index (κ3) is 5.24. The van der Waals surface area contributed by atoms with Crippen molar-refractivity contribution < 1.29 is 4.79 Å². The summed E-state index contributed by atoms with van der Waals surface area (Å²) in [7, 11) is 0. The maximum atomic E-state index is 12.2. The van der Waals surface area contributed by atoms with Crippen LogP contribution in [0.5, 0.6) is 0 Å². The van der Waals surface area contributed by atoms with Crippen LogP contribution in [0.2, 0.25) is 0 Å². The molecule has 0 spiro atoms. The zero-order chi connectivity index (χ0) is 19.2. The van der Waals surface area contributed by atoms with E-state index < -0.39 is 6.04 Å². The summed E-state index contributed by atoms with van der Waals surface area (Å²) >= 11 is 1.45. The number of thiazole rings is 1. The normalized spacial score (nSPS) is 17.5. The second kappa shape index (κ2) is 9.25. The fraction of sp³-hybridized carbons (Fsp3) is 0.526. The number of rotatable bonds is 7. The van der Waals surface area contributed by atoms with Crippen LogP contribution in [0.4, 0.5) is 10.9 Å². The van der Waals surface area contributed by atoms with Crippen LogP contribution in [0, 0.1) is 5.92 Å². The Labute approximate surface area is 164 Å². The van der Waals surface area contributed by atoms with E-state index in [1.165, 1.54) is 11.3 Å². The van der Waals surface area contributed by atoms with Crippen molar-refractivity contribution >= 4 is 28.2 Å². The van der Waals surface area contributed by atoms with Crippen LogP contribution in [0.25, 0.3) is 0 Å². The summed E-state index contributed by atoms with van der Waals surface area (Å²) in [6, 6.07) is 5.51. The molecule has 1 aliphatic rings. The van der Waals surface area contributed by atoms with E-state index in [0.29, 0.717) is 5.13 Å². The number of anilines is 2. The molecule has 146 valence electrons. The topological polar surface area (TPSA) is 87.4 Å². The number of carbonyl (C=O) groups excluding carboxylic acids is 1. The molecule has 7 nitrogen and oxygen atoms in total. The van der Waals surface area contributed by atoms with E-state index in [9.17, 15) is 4.79 Å². The van der Waals surface area contributed by atoms with Crippen molar-refractivity contribution in [2.45, 2.75) is 32.9 Å². The van der Waals surface area contributed by atoms with Crippen LogP contribution in [-0.4, -0.2) is 53.0 Å². The standard InChI is InChI=1S/C19H28N6OS/c1-3-14(2)17(20)18(26)23-19-22-15(13-27-19)12-24-8-10-25(11-9-24)16-6-4-5-7-21-16/h4-7,13-14,17H,3,8-12,20H2,1-2H3,(H,22,23,26). The maximum Gasteiger partial charge on any atom is 0.243 e. The quantitative estimate of drug-likeness (QED) is 0.756. The third-order valence-corrected chi connectivity index (χ3v) is 5.88. The molecular formula is C19H28N6OS. The highest BCUT2D eigenvalue weighted by molar-refractivity contribution is 7.13. The molecule has 3 rings (SSSR count). The van der Waals surface area contributed by atoms with Gasteiger partial charge >= 0.3 is 0 Å². The lowest BCUT2D eigenvalue weighted by atomic mass is 10.00. The predicted molar refractivity (Wildman–Crippen MR) is 110 cm³/mol. The first kappa shape index (κ1) is 19.7. The molecular weight excluding hydrogens is 360 g/mol. The van der Waals surface area contributed by atoms with Gasteiger partial charge in [-0.2, -0.15) is 0 Å². The lowest BCUT2D eigenvalue weighted by molar-refractivity contribution is -0.118. The van der Waals surface area contributed by atoms with Crippen LogP contribution in [0.1, 0.15) is 26.0 Å². The molecule has 0 radical (unpaired) electrons.